The van der Waals surface area contributed by atoms with E-state index in [1.54, 1.807) is 18.0 Å². The van der Waals surface area contributed by atoms with Gasteiger partial charge in [-0.15, -0.1) is 0 Å². The van der Waals surface area contributed by atoms with Crippen molar-refractivity contribution >= 4 is 17.8 Å². The van der Waals surface area contributed by atoms with E-state index >= 15 is 0 Å². The lowest BCUT2D eigenvalue weighted by Gasteiger charge is -2.20. The lowest BCUT2D eigenvalue weighted by Crippen LogP contribution is -2.37. The van der Waals surface area contributed by atoms with Crippen LogP contribution < -0.4 is 14.4 Å². The van der Waals surface area contributed by atoms with Crippen LogP contribution in [0.5, 0.6) is 11.5 Å². The third-order valence-corrected chi connectivity index (χ3v) is 4.32. The van der Waals surface area contributed by atoms with E-state index in [9.17, 15) is 4.79 Å². The van der Waals surface area contributed by atoms with Gasteiger partial charge in [-0.1, -0.05) is 23.4 Å². The largest absolute Gasteiger partial charge is 0.454 e. The summed E-state index contributed by atoms with van der Waals surface area (Å²) < 4.78 is 10.6. The molecule has 2 aromatic rings. The van der Waals surface area contributed by atoms with Crippen molar-refractivity contribution in [3.63, 3.8) is 0 Å². The number of ether oxygens (including phenoxy) is 2. The molecular formula is C19H18N2O4. The third kappa shape index (κ3) is 3.03. The summed E-state index contributed by atoms with van der Waals surface area (Å²) >= 11 is 0. The number of carbonyl (C=O) groups excluding carboxylic acids is 1. The van der Waals surface area contributed by atoms with Gasteiger partial charge in [0.05, 0.1) is 6.21 Å². The van der Waals surface area contributed by atoms with Crippen molar-refractivity contribution in [2.75, 3.05) is 18.2 Å². The van der Waals surface area contributed by atoms with E-state index in [-0.39, 0.29) is 12.7 Å². The van der Waals surface area contributed by atoms with E-state index in [4.69, 9.17) is 14.3 Å². The van der Waals surface area contributed by atoms with Crippen molar-refractivity contribution in [1.29, 1.82) is 0 Å². The molecule has 0 aromatic heterocycles. The van der Waals surface area contributed by atoms with Crippen LogP contribution in [0.2, 0.25) is 0 Å². The Morgan fingerprint density at radius 2 is 2.08 bits per heavy atom. The van der Waals surface area contributed by atoms with Crippen LogP contribution in [0.25, 0.3) is 0 Å². The van der Waals surface area contributed by atoms with Gasteiger partial charge in [0.2, 0.25) is 12.9 Å². The van der Waals surface area contributed by atoms with Crippen molar-refractivity contribution in [3.05, 3.63) is 53.6 Å². The zero-order chi connectivity index (χ0) is 17.2. The number of oxime groups is 1. The molecule has 2 aromatic carbocycles. The van der Waals surface area contributed by atoms with E-state index in [1.165, 1.54) is 5.56 Å². The minimum atomic E-state index is -0.656. The first-order valence-corrected chi connectivity index (χ1v) is 8.20. The number of hydrogen-bond donors (Lipinski definition) is 0. The Kier molecular flexibility index (Phi) is 4.01. The van der Waals surface area contributed by atoms with Crippen molar-refractivity contribution in [1.82, 2.24) is 0 Å². The van der Waals surface area contributed by atoms with Gasteiger partial charge in [-0.3, -0.25) is 4.79 Å². The molecule has 2 aliphatic heterocycles. The fraction of sp³-hybridized carbons (Fsp3) is 0.263. The van der Waals surface area contributed by atoms with E-state index in [1.807, 2.05) is 42.5 Å². The van der Waals surface area contributed by atoms with Gasteiger partial charge in [-0.05, 0) is 43.2 Å². The molecule has 25 heavy (non-hydrogen) atoms. The molecule has 2 aliphatic rings. The Bertz CT molecular complexity index is 834. The van der Waals surface area contributed by atoms with Gasteiger partial charge in [-0.25, -0.2) is 0 Å². The maximum Gasteiger partial charge on any atom is 0.270 e. The van der Waals surface area contributed by atoms with E-state index in [0.29, 0.717) is 18.0 Å². The minimum Gasteiger partial charge on any atom is -0.454 e. The number of para-hydroxylation sites is 1. The van der Waals surface area contributed by atoms with E-state index in [0.717, 1.165) is 17.7 Å². The number of nitrogens with zero attached hydrogens (tertiary/aromatic N) is 2. The number of benzene rings is 2. The molecule has 0 fully saturated rings. The highest BCUT2D eigenvalue weighted by Gasteiger charge is 2.28. The fourth-order valence-corrected chi connectivity index (χ4v) is 3.01. The highest BCUT2D eigenvalue weighted by atomic mass is 16.7. The summed E-state index contributed by atoms with van der Waals surface area (Å²) in [7, 11) is 0. The average molecular weight is 338 g/mol. The Morgan fingerprint density at radius 3 is 3.00 bits per heavy atom. The summed E-state index contributed by atoms with van der Waals surface area (Å²) in [6.45, 7) is 2.62. The van der Waals surface area contributed by atoms with Crippen LogP contribution in [-0.4, -0.2) is 31.6 Å². The minimum absolute atomic E-state index is 0.0900. The van der Waals surface area contributed by atoms with Crippen molar-refractivity contribution in [2.45, 2.75) is 19.4 Å². The molecule has 0 spiro atoms. The van der Waals surface area contributed by atoms with Crippen molar-refractivity contribution in [2.24, 2.45) is 5.16 Å². The standard InChI is InChI=1S/C19H18N2O4/c1-13(19(22)21-9-8-15-4-2-3-5-16(15)21)25-20-11-14-6-7-17-18(10-14)24-12-23-17/h2-7,10-11,13H,8-9,12H2,1H3/b20-11+. The first-order chi connectivity index (χ1) is 12.2. The molecule has 0 aliphatic carbocycles. The molecule has 4 rings (SSSR count). The number of fused-ring (bicyclic) bond motifs is 2. The lowest BCUT2D eigenvalue weighted by molar-refractivity contribution is -0.128. The maximum absolute atomic E-state index is 12.6. The van der Waals surface area contributed by atoms with Crippen LogP contribution in [0.1, 0.15) is 18.1 Å². The Balaban J connectivity index is 1.39. The highest BCUT2D eigenvalue weighted by molar-refractivity contribution is 5.98. The van der Waals surface area contributed by atoms with E-state index in [2.05, 4.69) is 5.16 Å². The summed E-state index contributed by atoms with van der Waals surface area (Å²) in [6, 6.07) is 13.4. The molecule has 0 bridgehead atoms. The van der Waals surface area contributed by atoms with Crippen molar-refractivity contribution < 1.29 is 19.1 Å². The molecule has 0 N–H and O–H groups in total. The number of carbonyl (C=O) groups is 1. The predicted molar refractivity (Wildman–Crippen MR) is 93.2 cm³/mol. The summed E-state index contributed by atoms with van der Waals surface area (Å²) in [4.78, 5) is 19.7. The summed E-state index contributed by atoms with van der Waals surface area (Å²) in [5.74, 6) is 1.31. The third-order valence-electron chi connectivity index (χ3n) is 4.32. The van der Waals surface area contributed by atoms with Crippen LogP contribution in [0.4, 0.5) is 5.69 Å². The Hall–Kier alpha value is -3.02. The summed E-state index contributed by atoms with van der Waals surface area (Å²) in [5.41, 5.74) is 2.96. The van der Waals surface area contributed by atoms with Gasteiger partial charge in [-0.2, -0.15) is 0 Å². The predicted octanol–water partition coefficient (Wildman–Crippen LogP) is 2.74. The Labute approximate surface area is 145 Å². The van der Waals surface area contributed by atoms with Crippen molar-refractivity contribution in [3.8, 4) is 11.5 Å². The monoisotopic (exact) mass is 338 g/mol. The van der Waals surface area contributed by atoms with Crippen LogP contribution in [0.3, 0.4) is 0 Å². The maximum atomic E-state index is 12.6. The fourth-order valence-electron chi connectivity index (χ4n) is 3.01. The second-order valence-electron chi connectivity index (χ2n) is 5.96. The smallest absolute Gasteiger partial charge is 0.270 e. The first kappa shape index (κ1) is 15.5. The van der Waals surface area contributed by atoms with E-state index < -0.39 is 6.10 Å². The lowest BCUT2D eigenvalue weighted by atomic mass is 10.2. The van der Waals surface area contributed by atoms with Crippen LogP contribution >= 0.6 is 0 Å². The van der Waals surface area contributed by atoms with Crippen LogP contribution in [0, 0.1) is 0 Å². The number of rotatable bonds is 4. The molecule has 0 saturated heterocycles. The summed E-state index contributed by atoms with van der Waals surface area (Å²) in [6.07, 6.45) is 1.77. The van der Waals surface area contributed by atoms with Gasteiger partial charge >= 0.3 is 0 Å². The molecule has 1 unspecified atom stereocenters. The molecule has 2 heterocycles. The number of anilines is 1. The van der Waals surface area contributed by atoms with Gasteiger partial charge in [0.15, 0.2) is 11.5 Å². The normalized spacial score (nSPS) is 16.1. The quantitative estimate of drug-likeness (QED) is 0.635. The molecule has 0 radical (unpaired) electrons. The molecule has 6 heteroatoms. The molecule has 1 atom stereocenters. The zero-order valence-electron chi connectivity index (χ0n) is 13.8. The zero-order valence-corrected chi connectivity index (χ0v) is 13.8. The van der Waals surface area contributed by atoms with Gasteiger partial charge in [0.1, 0.15) is 0 Å². The number of hydrogen-bond acceptors (Lipinski definition) is 5. The molecule has 128 valence electrons. The number of amides is 1. The topological polar surface area (TPSA) is 60.4 Å². The van der Waals surface area contributed by atoms with Gasteiger partial charge in [0, 0.05) is 17.8 Å². The molecule has 0 saturated carbocycles. The van der Waals surface area contributed by atoms with Crippen LogP contribution in [-0.2, 0) is 16.1 Å². The SMILES string of the molecule is CC(O/N=C/c1ccc2c(c1)OCO2)C(=O)N1CCc2ccccc21. The first-order valence-electron chi connectivity index (χ1n) is 8.20. The molecule has 1 amide bonds. The van der Waals surface area contributed by atoms with Crippen LogP contribution in [0.15, 0.2) is 47.6 Å². The summed E-state index contributed by atoms with van der Waals surface area (Å²) in [5, 5.41) is 3.95. The molecular weight excluding hydrogens is 320 g/mol. The molecule has 6 nitrogen and oxygen atoms in total. The van der Waals surface area contributed by atoms with Gasteiger partial charge < -0.3 is 19.2 Å². The Morgan fingerprint density at radius 1 is 1.24 bits per heavy atom. The van der Waals surface area contributed by atoms with Gasteiger partial charge in [0.25, 0.3) is 5.91 Å². The second-order valence-corrected chi connectivity index (χ2v) is 5.96. The average Bonchev–Trinajstić information content (AvgIpc) is 3.27. The second kappa shape index (κ2) is 6.47. The highest BCUT2D eigenvalue weighted by Crippen LogP contribution is 2.32.